The maximum Gasteiger partial charge on any atom is 0.191 e. The summed E-state index contributed by atoms with van der Waals surface area (Å²) in [5.41, 5.74) is 2.11. The summed E-state index contributed by atoms with van der Waals surface area (Å²) in [7, 11) is 5.33. The van der Waals surface area contributed by atoms with Crippen molar-refractivity contribution in [3.05, 3.63) is 42.4 Å². The lowest BCUT2D eigenvalue weighted by Crippen LogP contribution is -2.40. The summed E-state index contributed by atoms with van der Waals surface area (Å²) in [6.07, 6.45) is 4.32. The zero-order chi connectivity index (χ0) is 21.3. The molecule has 0 saturated heterocycles. The largest absolute Gasteiger partial charge is 0.497 e. The van der Waals surface area contributed by atoms with Crippen LogP contribution < -0.4 is 20.7 Å². The number of guanidine groups is 1. The minimum atomic E-state index is 0.447. The minimum absolute atomic E-state index is 0.447. The van der Waals surface area contributed by atoms with Crippen LogP contribution in [0.4, 0.5) is 5.82 Å². The Morgan fingerprint density at radius 3 is 2.63 bits per heavy atom. The average molecular weight is 411 g/mol. The van der Waals surface area contributed by atoms with Crippen molar-refractivity contribution in [3.8, 4) is 5.75 Å². The molecule has 3 aromatic rings. The van der Waals surface area contributed by atoms with Gasteiger partial charge in [-0.3, -0.25) is 9.67 Å². The van der Waals surface area contributed by atoms with Crippen molar-refractivity contribution < 1.29 is 4.74 Å². The predicted octanol–water partition coefficient (Wildman–Crippen LogP) is 2.14. The second-order valence-corrected chi connectivity index (χ2v) is 7.04. The fourth-order valence-electron chi connectivity index (χ4n) is 3.19. The molecule has 1 aromatic carbocycles. The molecule has 0 saturated carbocycles. The number of hydrogen-bond donors (Lipinski definition) is 3. The van der Waals surface area contributed by atoms with Crippen molar-refractivity contribution >= 4 is 22.8 Å². The van der Waals surface area contributed by atoms with Gasteiger partial charge in [0.05, 0.1) is 18.7 Å². The van der Waals surface area contributed by atoms with E-state index in [2.05, 4.69) is 55.1 Å². The first-order chi connectivity index (χ1) is 14.6. The summed E-state index contributed by atoms with van der Waals surface area (Å²) >= 11 is 0. The molecule has 1 atom stereocenters. The fourth-order valence-corrected chi connectivity index (χ4v) is 3.19. The number of ether oxygens (including phenoxy) is 1. The van der Waals surface area contributed by atoms with Gasteiger partial charge in [0.1, 0.15) is 17.9 Å². The number of nitrogens with zero attached hydrogens (tertiary/aromatic N) is 5. The number of aryl methyl sites for hydroxylation is 1. The van der Waals surface area contributed by atoms with Crippen molar-refractivity contribution in [3.63, 3.8) is 0 Å². The predicted molar refractivity (Wildman–Crippen MR) is 120 cm³/mol. The first-order valence-electron chi connectivity index (χ1n) is 10.1. The van der Waals surface area contributed by atoms with Gasteiger partial charge in [-0.25, -0.2) is 9.97 Å². The molecule has 9 heteroatoms. The van der Waals surface area contributed by atoms with Crippen molar-refractivity contribution in [1.29, 1.82) is 0 Å². The smallest absolute Gasteiger partial charge is 0.191 e. The zero-order valence-electron chi connectivity index (χ0n) is 18.0. The van der Waals surface area contributed by atoms with Crippen LogP contribution in [0.1, 0.15) is 24.8 Å². The number of aromatic nitrogens is 4. The Balaban J connectivity index is 1.39. The number of aliphatic imine (C=N–C) groups is 1. The number of fused-ring (bicyclic) bond motifs is 1. The van der Waals surface area contributed by atoms with E-state index >= 15 is 0 Å². The van der Waals surface area contributed by atoms with Crippen LogP contribution in [0.25, 0.3) is 11.0 Å². The van der Waals surface area contributed by atoms with Crippen LogP contribution in [-0.4, -0.2) is 59.5 Å². The van der Waals surface area contributed by atoms with Gasteiger partial charge in [0.2, 0.25) is 0 Å². The third-order valence-electron chi connectivity index (χ3n) is 5.02. The maximum absolute atomic E-state index is 5.22. The molecule has 0 amide bonds. The molecule has 3 N–H and O–H groups in total. The van der Waals surface area contributed by atoms with Crippen LogP contribution in [0.5, 0.6) is 5.75 Å². The highest BCUT2D eigenvalue weighted by molar-refractivity contribution is 5.86. The van der Waals surface area contributed by atoms with Gasteiger partial charge in [0.25, 0.3) is 0 Å². The number of methoxy groups -OCH3 is 1. The fraction of sp³-hybridized carbons (Fsp3) is 0.429. The van der Waals surface area contributed by atoms with E-state index in [1.54, 1.807) is 31.4 Å². The third kappa shape index (κ3) is 5.37. The highest BCUT2D eigenvalue weighted by Crippen LogP contribution is 2.21. The lowest BCUT2D eigenvalue weighted by atomic mass is 9.98. The van der Waals surface area contributed by atoms with E-state index in [0.29, 0.717) is 19.0 Å². The standard InChI is InChI=1S/C21H30N8O/c1-15(16-5-7-17(30-4)8-6-16)9-10-24-21(22-2)25-12-11-23-19-18-13-28-29(3)20(18)27-14-26-19/h5-8,13-15H,9-12H2,1-4H3,(H2,22,24,25)(H,23,26,27). The van der Waals surface area contributed by atoms with Gasteiger partial charge in [0, 0.05) is 33.7 Å². The highest BCUT2D eigenvalue weighted by atomic mass is 16.5. The number of anilines is 1. The Morgan fingerprint density at radius 1 is 1.13 bits per heavy atom. The van der Waals surface area contributed by atoms with Crippen LogP contribution in [0.2, 0.25) is 0 Å². The summed E-state index contributed by atoms with van der Waals surface area (Å²) in [6.45, 7) is 4.47. The van der Waals surface area contributed by atoms with Gasteiger partial charge in [-0.15, -0.1) is 0 Å². The van der Waals surface area contributed by atoms with E-state index in [-0.39, 0.29) is 0 Å². The summed E-state index contributed by atoms with van der Waals surface area (Å²) in [6, 6.07) is 8.25. The molecule has 9 nitrogen and oxygen atoms in total. The van der Waals surface area contributed by atoms with E-state index in [4.69, 9.17) is 4.74 Å². The quantitative estimate of drug-likeness (QED) is 0.282. The molecular formula is C21H30N8O. The summed E-state index contributed by atoms with van der Waals surface area (Å²) < 4.78 is 6.96. The lowest BCUT2D eigenvalue weighted by molar-refractivity contribution is 0.414. The number of rotatable bonds is 9. The Hall–Kier alpha value is -3.36. The Kier molecular flexibility index (Phi) is 7.42. The number of benzene rings is 1. The maximum atomic E-state index is 5.22. The van der Waals surface area contributed by atoms with Gasteiger partial charge < -0.3 is 20.7 Å². The van der Waals surface area contributed by atoms with Crippen molar-refractivity contribution in [2.75, 3.05) is 39.1 Å². The van der Waals surface area contributed by atoms with Crippen LogP contribution >= 0.6 is 0 Å². The van der Waals surface area contributed by atoms with E-state index in [1.165, 1.54) is 5.56 Å². The molecule has 0 radical (unpaired) electrons. The van der Waals surface area contributed by atoms with Crippen LogP contribution in [0.15, 0.2) is 41.8 Å². The van der Waals surface area contributed by atoms with Crippen molar-refractivity contribution in [2.45, 2.75) is 19.3 Å². The SMILES string of the molecule is CN=C(NCCNc1ncnc2c1cnn2C)NCCC(C)c1ccc(OC)cc1. The number of hydrogen-bond acceptors (Lipinski definition) is 6. The van der Waals surface area contributed by atoms with Crippen LogP contribution in [0, 0.1) is 0 Å². The second kappa shape index (κ2) is 10.4. The molecular weight excluding hydrogens is 380 g/mol. The van der Waals surface area contributed by atoms with Gasteiger partial charge in [0.15, 0.2) is 11.6 Å². The lowest BCUT2D eigenvalue weighted by Gasteiger charge is -2.16. The second-order valence-electron chi connectivity index (χ2n) is 7.04. The minimum Gasteiger partial charge on any atom is -0.497 e. The van der Waals surface area contributed by atoms with Gasteiger partial charge in [-0.2, -0.15) is 5.10 Å². The molecule has 1 unspecified atom stereocenters. The molecule has 0 spiro atoms. The molecule has 3 rings (SSSR count). The van der Waals surface area contributed by atoms with Crippen molar-refractivity contribution in [1.82, 2.24) is 30.4 Å². The number of nitrogens with one attached hydrogen (secondary N) is 3. The van der Waals surface area contributed by atoms with E-state index in [1.807, 2.05) is 19.2 Å². The first-order valence-corrected chi connectivity index (χ1v) is 10.1. The molecule has 0 aliphatic heterocycles. The highest BCUT2D eigenvalue weighted by Gasteiger charge is 2.08. The topological polar surface area (TPSA) is 101 Å². The Morgan fingerprint density at radius 2 is 1.90 bits per heavy atom. The molecule has 160 valence electrons. The third-order valence-corrected chi connectivity index (χ3v) is 5.02. The molecule has 2 heterocycles. The Bertz CT molecular complexity index is 967. The van der Waals surface area contributed by atoms with Crippen LogP contribution in [0.3, 0.4) is 0 Å². The molecule has 0 aliphatic carbocycles. The summed E-state index contributed by atoms with van der Waals surface area (Å²) in [4.78, 5) is 12.8. The molecule has 30 heavy (non-hydrogen) atoms. The van der Waals surface area contributed by atoms with Crippen molar-refractivity contribution in [2.24, 2.45) is 12.0 Å². The molecule has 0 fully saturated rings. The summed E-state index contributed by atoms with van der Waals surface area (Å²) in [5, 5.41) is 15.2. The Labute approximate surface area is 177 Å². The molecule has 0 bridgehead atoms. The van der Waals surface area contributed by atoms with Gasteiger partial charge in [-0.1, -0.05) is 19.1 Å². The molecule has 2 aromatic heterocycles. The molecule has 0 aliphatic rings. The normalized spacial score (nSPS) is 12.6. The zero-order valence-corrected chi connectivity index (χ0v) is 18.0. The van der Waals surface area contributed by atoms with Gasteiger partial charge >= 0.3 is 0 Å². The van der Waals surface area contributed by atoms with Crippen LogP contribution in [-0.2, 0) is 7.05 Å². The average Bonchev–Trinajstić information content (AvgIpc) is 3.17. The van der Waals surface area contributed by atoms with E-state index in [0.717, 1.165) is 41.5 Å². The summed E-state index contributed by atoms with van der Waals surface area (Å²) in [5.74, 6) is 2.90. The monoisotopic (exact) mass is 410 g/mol. The first kappa shape index (κ1) is 21.4. The van der Waals surface area contributed by atoms with Gasteiger partial charge in [-0.05, 0) is 30.0 Å². The van der Waals surface area contributed by atoms with E-state index < -0.39 is 0 Å². The van der Waals surface area contributed by atoms with E-state index in [9.17, 15) is 0 Å².